The van der Waals surface area contributed by atoms with Crippen LogP contribution in [-0.4, -0.2) is 20.6 Å². The maximum absolute atomic E-state index is 5.33. The molecule has 1 atom stereocenters. The van der Waals surface area contributed by atoms with Gasteiger partial charge in [0.2, 0.25) is 0 Å². The standard InChI is InChI=1S/C14H18N4/c1-4-6-13(5-2)15-8-12-9-16-14-7-11(3)17-18(14)10-12/h1,7,9-10,13,15H,5-6,8H2,2-3H3. The average molecular weight is 242 g/mol. The monoisotopic (exact) mass is 242 g/mol. The highest BCUT2D eigenvalue weighted by molar-refractivity contribution is 5.38. The van der Waals surface area contributed by atoms with Gasteiger partial charge in [-0.1, -0.05) is 6.92 Å². The lowest BCUT2D eigenvalue weighted by Gasteiger charge is -2.13. The van der Waals surface area contributed by atoms with Gasteiger partial charge in [-0.15, -0.1) is 12.3 Å². The van der Waals surface area contributed by atoms with Crippen LogP contribution in [0.15, 0.2) is 18.5 Å². The maximum atomic E-state index is 5.33. The van der Waals surface area contributed by atoms with Crippen molar-refractivity contribution >= 4 is 5.65 Å². The first-order valence-electron chi connectivity index (χ1n) is 6.20. The summed E-state index contributed by atoms with van der Waals surface area (Å²) in [6, 6.07) is 2.33. The van der Waals surface area contributed by atoms with Crippen LogP contribution in [0.1, 0.15) is 31.0 Å². The number of aryl methyl sites for hydroxylation is 1. The van der Waals surface area contributed by atoms with Crippen LogP contribution in [0.4, 0.5) is 0 Å². The Labute approximate surface area is 107 Å². The van der Waals surface area contributed by atoms with E-state index >= 15 is 0 Å². The number of fused-ring (bicyclic) bond motifs is 1. The van der Waals surface area contributed by atoms with E-state index in [-0.39, 0.29) is 0 Å². The molecule has 0 bridgehead atoms. The highest BCUT2D eigenvalue weighted by atomic mass is 15.2. The normalized spacial score (nSPS) is 12.5. The summed E-state index contributed by atoms with van der Waals surface area (Å²) in [6.07, 6.45) is 11.0. The molecule has 4 nitrogen and oxygen atoms in total. The number of hydrogen-bond acceptors (Lipinski definition) is 3. The summed E-state index contributed by atoms with van der Waals surface area (Å²) >= 11 is 0. The van der Waals surface area contributed by atoms with Crippen LogP contribution in [0.3, 0.4) is 0 Å². The molecule has 0 radical (unpaired) electrons. The van der Waals surface area contributed by atoms with Gasteiger partial charge in [0.15, 0.2) is 5.65 Å². The van der Waals surface area contributed by atoms with Crippen molar-refractivity contribution in [3.05, 3.63) is 29.7 Å². The van der Waals surface area contributed by atoms with Crippen molar-refractivity contribution in [1.82, 2.24) is 19.9 Å². The third-order valence-corrected chi connectivity index (χ3v) is 2.94. The van der Waals surface area contributed by atoms with Crippen molar-refractivity contribution < 1.29 is 0 Å². The van der Waals surface area contributed by atoms with E-state index in [2.05, 4.69) is 28.2 Å². The number of hydrogen-bond donors (Lipinski definition) is 1. The van der Waals surface area contributed by atoms with Crippen LogP contribution in [0, 0.1) is 19.3 Å². The number of aromatic nitrogens is 3. The van der Waals surface area contributed by atoms with E-state index in [4.69, 9.17) is 6.42 Å². The minimum Gasteiger partial charge on any atom is -0.309 e. The lowest BCUT2D eigenvalue weighted by molar-refractivity contribution is 0.505. The molecule has 2 aromatic rings. The molecule has 2 heterocycles. The van der Waals surface area contributed by atoms with E-state index in [1.165, 1.54) is 0 Å². The van der Waals surface area contributed by atoms with Gasteiger partial charge in [-0.3, -0.25) is 0 Å². The zero-order chi connectivity index (χ0) is 13.0. The zero-order valence-corrected chi connectivity index (χ0v) is 10.8. The van der Waals surface area contributed by atoms with E-state index in [0.29, 0.717) is 6.04 Å². The summed E-state index contributed by atoms with van der Waals surface area (Å²) in [4.78, 5) is 4.37. The predicted octanol–water partition coefficient (Wildman–Crippen LogP) is 1.93. The largest absolute Gasteiger partial charge is 0.309 e. The predicted molar refractivity (Wildman–Crippen MR) is 72.1 cm³/mol. The van der Waals surface area contributed by atoms with Crippen molar-refractivity contribution in [2.75, 3.05) is 0 Å². The van der Waals surface area contributed by atoms with Crippen LogP contribution in [0.25, 0.3) is 5.65 Å². The minimum atomic E-state index is 0.366. The molecule has 0 amide bonds. The Morgan fingerprint density at radius 2 is 2.39 bits per heavy atom. The maximum Gasteiger partial charge on any atom is 0.155 e. The molecular formula is C14H18N4. The smallest absolute Gasteiger partial charge is 0.155 e. The van der Waals surface area contributed by atoms with Gasteiger partial charge in [0, 0.05) is 43.0 Å². The summed E-state index contributed by atoms with van der Waals surface area (Å²) in [6.45, 7) is 4.86. The molecule has 18 heavy (non-hydrogen) atoms. The molecule has 2 aromatic heterocycles. The van der Waals surface area contributed by atoms with Gasteiger partial charge in [-0.2, -0.15) is 5.10 Å². The van der Waals surface area contributed by atoms with Crippen LogP contribution < -0.4 is 5.32 Å². The van der Waals surface area contributed by atoms with Gasteiger partial charge in [-0.05, 0) is 13.3 Å². The summed E-state index contributed by atoms with van der Waals surface area (Å²) in [5.41, 5.74) is 2.97. The Kier molecular flexibility index (Phi) is 3.96. The van der Waals surface area contributed by atoms with Crippen LogP contribution in [-0.2, 0) is 6.54 Å². The van der Waals surface area contributed by atoms with Crippen LogP contribution in [0.5, 0.6) is 0 Å². The molecule has 0 spiro atoms. The molecule has 0 aliphatic rings. The topological polar surface area (TPSA) is 42.2 Å². The fourth-order valence-electron chi connectivity index (χ4n) is 1.89. The van der Waals surface area contributed by atoms with E-state index in [1.807, 2.05) is 29.9 Å². The minimum absolute atomic E-state index is 0.366. The molecule has 1 N–H and O–H groups in total. The molecule has 94 valence electrons. The average Bonchev–Trinajstić information content (AvgIpc) is 2.73. The first-order chi connectivity index (χ1) is 8.72. The van der Waals surface area contributed by atoms with Crippen LogP contribution >= 0.6 is 0 Å². The first kappa shape index (κ1) is 12.6. The van der Waals surface area contributed by atoms with Gasteiger partial charge in [0.1, 0.15) is 0 Å². The Hall–Kier alpha value is -1.86. The van der Waals surface area contributed by atoms with E-state index in [1.54, 1.807) is 0 Å². The Balaban J connectivity index is 2.05. The number of terminal acetylenes is 1. The Morgan fingerprint density at radius 3 is 3.11 bits per heavy atom. The molecule has 1 unspecified atom stereocenters. The molecule has 4 heteroatoms. The second-order valence-electron chi connectivity index (χ2n) is 4.45. The van der Waals surface area contributed by atoms with Gasteiger partial charge in [0.25, 0.3) is 0 Å². The first-order valence-corrected chi connectivity index (χ1v) is 6.20. The Bertz CT molecular complexity index is 565. The molecule has 0 aliphatic carbocycles. The van der Waals surface area contributed by atoms with Crippen molar-refractivity contribution in [1.29, 1.82) is 0 Å². The third-order valence-electron chi connectivity index (χ3n) is 2.94. The molecule has 0 saturated carbocycles. The molecule has 0 aliphatic heterocycles. The van der Waals surface area contributed by atoms with E-state index in [0.717, 1.165) is 36.3 Å². The number of nitrogens with zero attached hydrogens (tertiary/aromatic N) is 3. The number of nitrogens with one attached hydrogen (secondary N) is 1. The van der Waals surface area contributed by atoms with Gasteiger partial charge in [0.05, 0.1) is 5.69 Å². The third kappa shape index (κ3) is 2.88. The summed E-state index contributed by atoms with van der Waals surface area (Å²) in [5.74, 6) is 2.69. The van der Waals surface area contributed by atoms with Gasteiger partial charge < -0.3 is 5.32 Å². The van der Waals surface area contributed by atoms with Crippen LogP contribution in [0.2, 0.25) is 0 Å². The molecule has 0 saturated heterocycles. The summed E-state index contributed by atoms with van der Waals surface area (Å²) < 4.78 is 1.81. The molecule has 0 fully saturated rings. The highest BCUT2D eigenvalue weighted by Crippen LogP contribution is 2.05. The van der Waals surface area contributed by atoms with E-state index < -0.39 is 0 Å². The molecule has 2 rings (SSSR count). The summed E-state index contributed by atoms with van der Waals surface area (Å²) in [7, 11) is 0. The van der Waals surface area contributed by atoms with Crippen molar-refractivity contribution in [2.24, 2.45) is 0 Å². The van der Waals surface area contributed by atoms with Crippen molar-refractivity contribution in [3.8, 4) is 12.3 Å². The fourth-order valence-corrected chi connectivity index (χ4v) is 1.89. The SMILES string of the molecule is C#CCC(CC)NCc1cnc2cc(C)nn2c1. The second kappa shape index (κ2) is 5.65. The quantitative estimate of drug-likeness (QED) is 0.815. The van der Waals surface area contributed by atoms with Gasteiger partial charge >= 0.3 is 0 Å². The summed E-state index contributed by atoms with van der Waals surface area (Å²) in [5, 5.41) is 7.79. The second-order valence-corrected chi connectivity index (χ2v) is 4.45. The Morgan fingerprint density at radius 1 is 1.56 bits per heavy atom. The van der Waals surface area contributed by atoms with Crippen molar-refractivity contribution in [3.63, 3.8) is 0 Å². The number of rotatable bonds is 5. The lowest BCUT2D eigenvalue weighted by Crippen LogP contribution is -2.27. The molecular weight excluding hydrogens is 224 g/mol. The van der Waals surface area contributed by atoms with Crippen molar-refractivity contribution in [2.45, 2.75) is 39.3 Å². The van der Waals surface area contributed by atoms with E-state index in [9.17, 15) is 0 Å². The highest BCUT2D eigenvalue weighted by Gasteiger charge is 2.05. The van der Waals surface area contributed by atoms with Gasteiger partial charge in [-0.25, -0.2) is 9.50 Å². The molecule has 0 aromatic carbocycles. The zero-order valence-electron chi connectivity index (χ0n) is 10.8. The fraction of sp³-hybridized carbons (Fsp3) is 0.429. The lowest BCUT2D eigenvalue weighted by atomic mass is 10.1.